The molecule has 0 aromatic carbocycles. The summed E-state index contributed by atoms with van der Waals surface area (Å²) in [5.41, 5.74) is 5.44. The lowest BCUT2D eigenvalue weighted by Crippen LogP contribution is -2.40. The van der Waals surface area contributed by atoms with Gasteiger partial charge in [0.1, 0.15) is 0 Å². The lowest BCUT2D eigenvalue weighted by molar-refractivity contribution is -0.125. The highest BCUT2D eigenvalue weighted by Crippen LogP contribution is 2.23. The molecular formula is C12H24N2O. The number of nitrogens with two attached hydrogens (primary N) is 1. The first-order chi connectivity index (χ1) is 7.13. The SMILES string of the molecule is CC1CCC(NC(=O)C(C)CCN)CC1. The minimum atomic E-state index is 0.0642. The summed E-state index contributed by atoms with van der Waals surface area (Å²) >= 11 is 0. The Hall–Kier alpha value is -0.570. The van der Waals surface area contributed by atoms with Crippen molar-refractivity contribution in [2.45, 2.75) is 52.0 Å². The van der Waals surface area contributed by atoms with E-state index in [1.54, 1.807) is 0 Å². The molecule has 0 radical (unpaired) electrons. The Morgan fingerprint density at radius 1 is 1.40 bits per heavy atom. The number of carbonyl (C=O) groups is 1. The van der Waals surface area contributed by atoms with E-state index in [9.17, 15) is 4.79 Å². The molecule has 0 aromatic heterocycles. The summed E-state index contributed by atoms with van der Waals surface area (Å²) in [7, 11) is 0. The van der Waals surface area contributed by atoms with Crippen LogP contribution in [0.5, 0.6) is 0 Å². The number of carbonyl (C=O) groups excluding carboxylic acids is 1. The van der Waals surface area contributed by atoms with Gasteiger partial charge in [-0.05, 0) is 44.6 Å². The van der Waals surface area contributed by atoms with Gasteiger partial charge in [-0.15, -0.1) is 0 Å². The summed E-state index contributed by atoms with van der Waals surface area (Å²) in [5.74, 6) is 1.08. The molecule has 0 bridgehead atoms. The van der Waals surface area contributed by atoms with Crippen LogP contribution < -0.4 is 11.1 Å². The van der Waals surface area contributed by atoms with Crippen LogP contribution >= 0.6 is 0 Å². The van der Waals surface area contributed by atoms with Crippen molar-refractivity contribution < 1.29 is 4.79 Å². The van der Waals surface area contributed by atoms with Crippen molar-refractivity contribution >= 4 is 5.91 Å². The van der Waals surface area contributed by atoms with Gasteiger partial charge in [-0.2, -0.15) is 0 Å². The van der Waals surface area contributed by atoms with E-state index >= 15 is 0 Å². The monoisotopic (exact) mass is 212 g/mol. The van der Waals surface area contributed by atoms with Crippen molar-refractivity contribution in [3.05, 3.63) is 0 Å². The van der Waals surface area contributed by atoms with Gasteiger partial charge in [0, 0.05) is 12.0 Å². The highest BCUT2D eigenvalue weighted by molar-refractivity contribution is 5.78. The Balaban J connectivity index is 2.25. The molecule has 1 aliphatic carbocycles. The van der Waals surface area contributed by atoms with Gasteiger partial charge in [-0.25, -0.2) is 0 Å². The second kappa shape index (κ2) is 6.11. The molecule has 0 aliphatic heterocycles. The smallest absolute Gasteiger partial charge is 0.223 e. The van der Waals surface area contributed by atoms with Crippen molar-refractivity contribution in [1.29, 1.82) is 0 Å². The van der Waals surface area contributed by atoms with Gasteiger partial charge in [-0.1, -0.05) is 13.8 Å². The first-order valence-electron chi connectivity index (χ1n) is 6.14. The van der Waals surface area contributed by atoms with E-state index in [4.69, 9.17) is 5.73 Å². The summed E-state index contributed by atoms with van der Waals surface area (Å²) in [5, 5.41) is 3.13. The summed E-state index contributed by atoms with van der Waals surface area (Å²) in [6.07, 6.45) is 5.56. The maximum Gasteiger partial charge on any atom is 0.223 e. The zero-order chi connectivity index (χ0) is 11.3. The molecule has 1 rings (SSSR count). The average Bonchev–Trinajstić information content (AvgIpc) is 2.22. The van der Waals surface area contributed by atoms with Crippen LogP contribution in [0.15, 0.2) is 0 Å². The lowest BCUT2D eigenvalue weighted by atomic mass is 9.87. The van der Waals surface area contributed by atoms with Gasteiger partial charge in [0.15, 0.2) is 0 Å². The molecule has 88 valence electrons. The molecule has 0 heterocycles. The third-order valence-electron chi connectivity index (χ3n) is 3.41. The molecule has 1 fully saturated rings. The lowest BCUT2D eigenvalue weighted by Gasteiger charge is -2.27. The fourth-order valence-electron chi connectivity index (χ4n) is 2.13. The molecule has 15 heavy (non-hydrogen) atoms. The van der Waals surface area contributed by atoms with Crippen molar-refractivity contribution in [2.24, 2.45) is 17.6 Å². The summed E-state index contributed by atoms with van der Waals surface area (Å²) < 4.78 is 0. The summed E-state index contributed by atoms with van der Waals surface area (Å²) in [4.78, 5) is 11.7. The maximum atomic E-state index is 11.7. The first-order valence-corrected chi connectivity index (χ1v) is 6.14. The fourth-order valence-corrected chi connectivity index (χ4v) is 2.13. The normalized spacial score (nSPS) is 28.5. The van der Waals surface area contributed by atoms with Crippen molar-refractivity contribution in [2.75, 3.05) is 6.54 Å². The predicted molar refractivity (Wildman–Crippen MR) is 62.4 cm³/mol. The zero-order valence-electron chi connectivity index (χ0n) is 9.96. The molecule has 3 heteroatoms. The number of nitrogens with one attached hydrogen (secondary N) is 1. The second-order valence-electron chi connectivity index (χ2n) is 4.94. The van der Waals surface area contributed by atoms with E-state index in [0.29, 0.717) is 12.6 Å². The van der Waals surface area contributed by atoms with Crippen molar-refractivity contribution in [3.63, 3.8) is 0 Å². The van der Waals surface area contributed by atoms with E-state index in [0.717, 1.165) is 25.2 Å². The fraction of sp³-hybridized carbons (Fsp3) is 0.917. The van der Waals surface area contributed by atoms with Crippen LogP contribution in [-0.2, 0) is 4.79 Å². The minimum Gasteiger partial charge on any atom is -0.353 e. The molecule has 1 unspecified atom stereocenters. The standard InChI is InChI=1S/C12H24N2O/c1-9-3-5-11(6-4-9)14-12(15)10(2)7-8-13/h9-11H,3-8,13H2,1-2H3,(H,14,15). The number of hydrogen-bond donors (Lipinski definition) is 2. The van der Waals surface area contributed by atoms with Gasteiger partial charge >= 0.3 is 0 Å². The van der Waals surface area contributed by atoms with Gasteiger partial charge < -0.3 is 11.1 Å². The Morgan fingerprint density at radius 2 is 2.00 bits per heavy atom. The second-order valence-corrected chi connectivity index (χ2v) is 4.94. The van der Waals surface area contributed by atoms with Crippen LogP contribution in [0.4, 0.5) is 0 Å². The topological polar surface area (TPSA) is 55.1 Å². The van der Waals surface area contributed by atoms with E-state index in [2.05, 4.69) is 12.2 Å². The predicted octanol–water partition coefficient (Wildman–Crippen LogP) is 1.67. The molecule has 3 nitrogen and oxygen atoms in total. The Bertz CT molecular complexity index is 198. The van der Waals surface area contributed by atoms with Crippen LogP contribution in [0, 0.1) is 11.8 Å². The van der Waals surface area contributed by atoms with Crippen LogP contribution in [0.3, 0.4) is 0 Å². The molecular weight excluding hydrogens is 188 g/mol. The van der Waals surface area contributed by atoms with Gasteiger partial charge in [0.05, 0.1) is 0 Å². The molecule has 1 saturated carbocycles. The Labute approximate surface area is 92.8 Å². The zero-order valence-corrected chi connectivity index (χ0v) is 9.96. The molecule has 1 atom stereocenters. The highest BCUT2D eigenvalue weighted by atomic mass is 16.1. The van der Waals surface area contributed by atoms with Crippen LogP contribution in [0.1, 0.15) is 46.0 Å². The minimum absolute atomic E-state index is 0.0642. The van der Waals surface area contributed by atoms with Crippen LogP contribution in [0.2, 0.25) is 0 Å². The molecule has 0 saturated heterocycles. The number of rotatable bonds is 4. The Kier molecular flexibility index (Phi) is 5.09. The molecule has 1 aliphatic rings. The largest absolute Gasteiger partial charge is 0.353 e. The van der Waals surface area contributed by atoms with Crippen LogP contribution in [-0.4, -0.2) is 18.5 Å². The molecule has 0 aromatic rings. The highest BCUT2D eigenvalue weighted by Gasteiger charge is 2.21. The number of hydrogen-bond acceptors (Lipinski definition) is 2. The molecule has 3 N–H and O–H groups in total. The third-order valence-corrected chi connectivity index (χ3v) is 3.41. The number of amides is 1. The van der Waals surface area contributed by atoms with Crippen molar-refractivity contribution in [1.82, 2.24) is 5.32 Å². The molecule has 1 amide bonds. The van der Waals surface area contributed by atoms with Gasteiger partial charge in [-0.3, -0.25) is 4.79 Å². The van der Waals surface area contributed by atoms with E-state index in [-0.39, 0.29) is 11.8 Å². The maximum absolute atomic E-state index is 11.7. The average molecular weight is 212 g/mol. The molecule has 0 spiro atoms. The van der Waals surface area contributed by atoms with E-state index in [1.165, 1.54) is 12.8 Å². The van der Waals surface area contributed by atoms with E-state index < -0.39 is 0 Å². The summed E-state index contributed by atoms with van der Waals surface area (Å²) in [6.45, 7) is 4.83. The quantitative estimate of drug-likeness (QED) is 0.744. The van der Waals surface area contributed by atoms with E-state index in [1.807, 2.05) is 6.92 Å². The van der Waals surface area contributed by atoms with Gasteiger partial charge in [0.2, 0.25) is 5.91 Å². The first kappa shape index (κ1) is 12.5. The van der Waals surface area contributed by atoms with Crippen LogP contribution in [0.25, 0.3) is 0 Å². The summed E-state index contributed by atoms with van der Waals surface area (Å²) in [6, 6.07) is 0.411. The van der Waals surface area contributed by atoms with Gasteiger partial charge in [0.25, 0.3) is 0 Å². The van der Waals surface area contributed by atoms with Crippen molar-refractivity contribution in [3.8, 4) is 0 Å². The third kappa shape index (κ3) is 4.20. The Morgan fingerprint density at radius 3 is 2.53 bits per heavy atom.